The topological polar surface area (TPSA) is 61.4 Å². The second-order valence-corrected chi connectivity index (χ2v) is 5.24. The summed E-state index contributed by atoms with van der Waals surface area (Å²) < 4.78 is 0. The fourth-order valence-electron chi connectivity index (χ4n) is 1.94. The Hall–Kier alpha value is -1.23. The first-order chi connectivity index (χ1) is 9.08. The molecule has 1 aliphatic carbocycles. The van der Waals surface area contributed by atoms with Crippen molar-refractivity contribution in [3.63, 3.8) is 0 Å². The van der Waals surface area contributed by atoms with Crippen molar-refractivity contribution in [1.82, 2.24) is 5.32 Å². The SMILES string of the molecule is O=C(Nc1cc(Cl)ccc1Cl)N[C@@H]1C=C[C@H](CO)C1. The van der Waals surface area contributed by atoms with E-state index in [2.05, 4.69) is 10.6 Å². The van der Waals surface area contributed by atoms with Gasteiger partial charge in [-0.3, -0.25) is 0 Å². The van der Waals surface area contributed by atoms with Gasteiger partial charge in [-0.15, -0.1) is 0 Å². The Kier molecular flexibility index (Phi) is 4.69. The molecule has 0 bridgehead atoms. The molecule has 6 heteroatoms. The molecule has 0 unspecified atom stereocenters. The van der Waals surface area contributed by atoms with Gasteiger partial charge in [-0.2, -0.15) is 0 Å². The first-order valence-electron chi connectivity index (χ1n) is 5.90. The number of hydrogen-bond donors (Lipinski definition) is 3. The third kappa shape index (κ3) is 3.86. The van der Waals surface area contributed by atoms with Crippen LogP contribution in [0.15, 0.2) is 30.4 Å². The number of rotatable bonds is 3. The number of anilines is 1. The maximum Gasteiger partial charge on any atom is 0.319 e. The summed E-state index contributed by atoms with van der Waals surface area (Å²) in [5, 5.41) is 15.4. The number of benzene rings is 1. The number of urea groups is 1. The summed E-state index contributed by atoms with van der Waals surface area (Å²) in [6.07, 6.45) is 4.48. The van der Waals surface area contributed by atoms with Crippen LogP contribution in [0.5, 0.6) is 0 Å². The first kappa shape index (κ1) is 14.2. The molecule has 0 aromatic heterocycles. The largest absolute Gasteiger partial charge is 0.396 e. The molecule has 2 rings (SSSR count). The number of amides is 2. The van der Waals surface area contributed by atoms with Gasteiger partial charge in [0.2, 0.25) is 0 Å². The molecule has 2 atom stereocenters. The van der Waals surface area contributed by atoms with Crippen LogP contribution in [0.1, 0.15) is 6.42 Å². The molecule has 4 nitrogen and oxygen atoms in total. The van der Waals surface area contributed by atoms with E-state index >= 15 is 0 Å². The van der Waals surface area contributed by atoms with Crippen molar-refractivity contribution < 1.29 is 9.90 Å². The van der Waals surface area contributed by atoms with E-state index in [1.165, 1.54) is 0 Å². The minimum atomic E-state index is -0.350. The second kappa shape index (κ2) is 6.28. The zero-order chi connectivity index (χ0) is 13.8. The van der Waals surface area contributed by atoms with Gasteiger partial charge in [0.15, 0.2) is 0 Å². The highest BCUT2D eigenvalue weighted by Gasteiger charge is 2.19. The van der Waals surface area contributed by atoms with Crippen molar-refractivity contribution in [2.75, 3.05) is 11.9 Å². The molecule has 0 saturated heterocycles. The summed E-state index contributed by atoms with van der Waals surface area (Å²) in [5.41, 5.74) is 0.465. The maximum atomic E-state index is 11.8. The van der Waals surface area contributed by atoms with E-state index in [4.69, 9.17) is 28.3 Å². The van der Waals surface area contributed by atoms with Crippen LogP contribution in [0.25, 0.3) is 0 Å². The Morgan fingerprint density at radius 2 is 2.16 bits per heavy atom. The average Bonchev–Trinajstić information content (AvgIpc) is 2.81. The van der Waals surface area contributed by atoms with Gasteiger partial charge in [0.1, 0.15) is 0 Å². The first-order valence-corrected chi connectivity index (χ1v) is 6.66. The normalized spacial score (nSPS) is 21.4. The van der Waals surface area contributed by atoms with Crippen LogP contribution in [0.3, 0.4) is 0 Å². The predicted octanol–water partition coefficient (Wildman–Crippen LogP) is 3.05. The van der Waals surface area contributed by atoms with Gasteiger partial charge >= 0.3 is 6.03 Å². The third-order valence-corrected chi connectivity index (χ3v) is 3.46. The van der Waals surface area contributed by atoms with E-state index in [0.717, 1.165) is 0 Å². The summed E-state index contributed by atoms with van der Waals surface area (Å²) in [4.78, 5) is 11.8. The molecular formula is C13H14Cl2N2O2. The lowest BCUT2D eigenvalue weighted by Gasteiger charge is -2.14. The van der Waals surface area contributed by atoms with Crippen molar-refractivity contribution in [1.29, 1.82) is 0 Å². The molecule has 102 valence electrons. The van der Waals surface area contributed by atoms with Crippen LogP contribution in [0.2, 0.25) is 10.0 Å². The zero-order valence-corrected chi connectivity index (χ0v) is 11.6. The molecule has 0 saturated carbocycles. The molecule has 19 heavy (non-hydrogen) atoms. The molecule has 0 aliphatic heterocycles. The van der Waals surface area contributed by atoms with Crippen LogP contribution < -0.4 is 10.6 Å². The van der Waals surface area contributed by atoms with Gasteiger partial charge in [0.25, 0.3) is 0 Å². The number of carbonyl (C=O) groups is 1. The summed E-state index contributed by atoms with van der Waals surface area (Å²) in [5.74, 6) is 0.111. The van der Waals surface area contributed by atoms with Crippen LogP contribution in [0.4, 0.5) is 10.5 Å². The Bertz CT molecular complexity index is 505. The van der Waals surface area contributed by atoms with Crippen molar-refractivity contribution in [2.45, 2.75) is 12.5 Å². The zero-order valence-electron chi connectivity index (χ0n) is 10.1. The lowest BCUT2D eigenvalue weighted by molar-refractivity contribution is 0.238. The molecule has 1 aliphatic rings. The average molecular weight is 301 g/mol. The van der Waals surface area contributed by atoms with Crippen molar-refractivity contribution in [3.8, 4) is 0 Å². The second-order valence-electron chi connectivity index (χ2n) is 4.39. The van der Waals surface area contributed by atoms with Gasteiger partial charge in [-0.05, 0) is 24.6 Å². The van der Waals surface area contributed by atoms with Crippen LogP contribution in [-0.4, -0.2) is 23.8 Å². The van der Waals surface area contributed by atoms with Gasteiger partial charge < -0.3 is 15.7 Å². The number of carbonyl (C=O) groups excluding carboxylic acids is 1. The fourth-order valence-corrected chi connectivity index (χ4v) is 2.27. The van der Waals surface area contributed by atoms with Crippen molar-refractivity contribution >= 4 is 34.9 Å². The van der Waals surface area contributed by atoms with Gasteiger partial charge in [-0.1, -0.05) is 35.4 Å². The predicted molar refractivity (Wildman–Crippen MR) is 76.7 cm³/mol. The molecule has 0 fully saturated rings. The highest BCUT2D eigenvalue weighted by molar-refractivity contribution is 6.35. The fraction of sp³-hybridized carbons (Fsp3) is 0.308. The number of halogens is 2. The van der Waals surface area contributed by atoms with Crippen molar-refractivity contribution in [2.24, 2.45) is 5.92 Å². The summed E-state index contributed by atoms with van der Waals surface area (Å²) >= 11 is 11.8. The molecule has 0 heterocycles. The molecule has 0 radical (unpaired) electrons. The number of aliphatic hydroxyl groups excluding tert-OH is 1. The molecular weight excluding hydrogens is 287 g/mol. The van der Waals surface area contributed by atoms with E-state index < -0.39 is 0 Å². The lowest BCUT2D eigenvalue weighted by Crippen LogP contribution is -2.36. The van der Waals surface area contributed by atoms with Crippen LogP contribution >= 0.6 is 23.2 Å². The minimum absolute atomic E-state index is 0.0740. The maximum absolute atomic E-state index is 11.8. The van der Waals surface area contributed by atoms with Crippen LogP contribution in [-0.2, 0) is 0 Å². The van der Waals surface area contributed by atoms with E-state index in [0.29, 0.717) is 22.2 Å². The van der Waals surface area contributed by atoms with Crippen LogP contribution in [0, 0.1) is 5.92 Å². The Labute approximate surface area is 121 Å². The summed E-state index contributed by atoms with van der Waals surface area (Å²) in [6.45, 7) is 0.0937. The molecule has 1 aromatic carbocycles. The molecule has 1 aromatic rings. The van der Waals surface area contributed by atoms with E-state index in [9.17, 15) is 4.79 Å². The van der Waals surface area contributed by atoms with Gasteiger partial charge in [-0.25, -0.2) is 4.79 Å². The van der Waals surface area contributed by atoms with Gasteiger partial charge in [0.05, 0.1) is 10.7 Å². The smallest absolute Gasteiger partial charge is 0.319 e. The monoisotopic (exact) mass is 300 g/mol. The summed E-state index contributed by atoms with van der Waals surface area (Å²) in [6, 6.07) is 4.44. The number of hydrogen-bond acceptors (Lipinski definition) is 2. The van der Waals surface area contributed by atoms with Gasteiger partial charge in [0, 0.05) is 23.6 Å². The lowest BCUT2D eigenvalue weighted by atomic mass is 10.1. The molecule has 2 amide bonds. The van der Waals surface area contributed by atoms with Crippen molar-refractivity contribution in [3.05, 3.63) is 40.4 Å². The van der Waals surface area contributed by atoms with E-state index in [1.807, 2.05) is 12.2 Å². The Balaban J connectivity index is 1.91. The molecule has 3 N–H and O–H groups in total. The number of nitrogens with one attached hydrogen (secondary N) is 2. The quantitative estimate of drug-likeness (QED) is 0.751. The highest BCUT2D eigenvalue weighted by Crippen LogP contribution is 2.25. The minimum Gasteiger partial charge on any atom is -0.396 e. The summed E-state index contributed by atoms with van der Waals surface area (Å²) in [7, 11) is 0. The van der Waals surface area contributed by atoms with E-state index in [-0.39, 0.29) is 24.6 Å². The Morgan fingerprint density at radius 3 is 2.84 bits per heavy atom. The molecule has 0 spiro atoms. The standard InChI is InChI=1S/C13H14Cl2N2O2/c14-9-2-4-11(15)12(6-9)17-13(19)16-10-3-1-8(5-10)7-18/h1-4,6,8,10,18H,5,7H2,(H2,16,17,19)/t8-,10+/m0/s1. The Morgan fingerprint density at radius 1 is 1.37 bits per heavy atom. The highest BCUT2D eigenvalue weighted by atomic mass is 35.5. The number of aliphatic hydroxyl groups is 1. The van der Waals surface area contributed by atoms with E-state index in [1.54, 1.807) is 18.2 Å². The third-order valence-electron chi connectivity index (χ3n) is 2.90.